The van der Waals surface area contributed by atoms with Crippen LogP contribution in [0.15, 0.2) is 12.2 Å². The van der Waals surface area contributed by atoms with Gasteiger partial charge in [-0.15, -0.1) is 0 Å². The third-order valence-corrected chi connectivity index (χ3v) is 5.35. The van der Waals surface area contributed by atoms with Crippen LogP contribution >= 0.6 is 0 Å². The first-order valence-corrected chi connectivity index (χ1v) is 8.00. The summed E-state index contributed by atoms with van der Waals surface area (Å²) in [5.74, 6) is -0.499. The molecule has 5 heteroatoms. The summed E-state index contributed by atoms with van der Waals surface area (Å²) in [5.41, 5.74) is -2.05. The van der Waals surface area contributed by atoms with E-state index in [1.165, 1.54) is 0 Å². The molecule has 4 aliphatic rings. The Morgan fingerprint density at radius 3 is 2.55 bits per heavy atom. The summed E-state index contributed by atoms with van der Waals surface area (Å²) in [6.07, 6.45) is 3.41. The predicted octanol–water partition coefficient (Wildman–Crippen LogP) is 2.12. The van der Waals surface area contributed by atoms with E-state index in [0.29, 0.717) is 37.9 Å². The van der Waals surface area contributed by atoms with E-state index in [4.69, 9.17) is 9.47 Å². The lowest BCUT2D eigenvalue weighted by molar-refractivity contribution is -0.245. The summed E-state index contributed by atoms with van der Waals surface area (Å²) >= 11 is 0. The fourth-order valence-corrected chi connectivity index (χ4v) is 5.21. The summed E-state index contributed by atoms with van der Waals surface area (Å²) in [7, 11) is 0. The topological polar surface area (TPSA) is 72.8 Å². The third-order valence-electron chi connectivity index (χ3n) is 5.35. The van der Waals surface area contributed by atoms with Gasteiger partial charge in [0.15, 0.2) is 0 Å². The zero-order valence-electron chi connectivity index (χ0n) is 13.3. The molecule has 5 nitrogen and oxygen atoms in total. The van der Waals surface area contributed by atoms with Crippen molar-refractivity contribution in [2.45, 2.75) is 63.6 Å². The minimum atomic E-state index is -0.929. The van der Waals surface area contributed by atoms with Gasteiger partial charge in [0.25, 0.3) is 0 Å². The predicted molar refractivity (Wildman–Crippen MR) is 78.8 cm³/mol. The third kappa shape index (κ3) is 2.35. The van der Waals surface area contributed by atoms with Crippen LogP contribution in [-0.4, -0.2) is 34.9 Å². The largest absolute Gasteiger partial charge is 0.466 e. The van der Waals surface area contributed by atoms with E-state index in [-0.39, 0.29) is 11.9 Å². The highest BCUT2D eigenvalue weighted by Gasteiger charge is 2.67. The van der Waals surface area contributed by atoms with Gasteiger partial charge in [-0.25, -0.2) is 4.79 Å². The van der Waals surface area contributed by atoms with Crippen LogP contribution in [-0.2, 0) is 19.1 Å². The van der Waals surface area contributed by atoms with Gasteiger partial charge in [-0.3, -0.25) is 4.79 Å². The maximum atomic E-state index is 12.5. The van der Waals surface area contributed by atoms with Crippen LogP contribution in [0.4, 0.5) is 0 Å². The smallest absolute Gasteiger partial charge is 0.333 e. The number of ether oxygens (including phenoxy) is 2. The van der Waals surface area contributed by atoms with Gasteiger partial charge in [0.2, 0.25) is 0 Å². The number of hydrogen-bond donors (Lipinski definition) is 1. The lowest BCUT2D eigenvalue weighted by Gasteiger charge is -2.62. The second-order valence-corrected chi connectivity index (χ2v) is 7.59. The molecule has 0 aromatic heterocycles. The maximum absolute atomic E-state index is 12.5. The Labute approximate surface area is 130 Å². The highest BCUT2D eigenvalue weighted by molar-refractivity contribution is 5.87. The summed E-state index contributed by atoms with van der Waals surface area (Å²) in [6.45, 7) is 7.34. The molecule has 0 heterocycles. The minimum absolute atomic E-state index is 0.198. The summed E-state index contributed by atoms with van der Waals surface area (Å²) in [4.78, 5) is 24.5. The van der Waals surface area contributed by atoms with Crippen LogP contribution in [0, 0.1) is 11.3 Å². The molecule has 0 amide bonds. The summed E-state index contributed by atoms with van der Waals surface area (Å²) in [6, 6.07) is 0. The van der Waals surface area contributed by atoms with Gasteiger partial charge in [-0.2, -0.15) is 0 Å². The quantitative estimate of drug-likeness (QED) is 0.636. The molecule has 4 bridgehead atoms. The zero-order valence-corrected chi connectivity index (χ0v) is 13.3. The van der Waals surface area contributed by atoms with Crippen molar-refractivity contribution in [2.75, 3.05) is 6.61 Å². The Hall–Kier alpha value is -1.36. The van der Waals surface area contributed by atoms with Gasteiger partial charge < -0.3 is 14.6 Å². The van der Waals surface area contributed by atoms with E-state index in [1.54, 1.807) is 13.8 Å². The average Bonchev–Trinajstić information content (AvgIpc) is 2.35. The molecule has 4 aliphatic carbocycles. The van der Waals surface area contributed by atoms with Crippen molar-refractivity contribution in [2.24, 2.45) is 11.3 Å². The lowest BCUT2D eigenvalue weighted by Crippen LogP contribution is -2.66. The van der Waals surface area contributed by atoms with Crippen molar-refractivity contribution in [1.29, 1.82) is 0 Å². The lowest BCUT2D eigenvalue weighted by atomic mass is 9.46. The van der Waals surface area contributed by atoms with Crippen LogP contribution in [0.5, 0.6) is 0 Å². The number of hydrogen-bond acceptors (Lipinski definition) is 5. The Bertz CT molecular complexity index is 541. The van der Waals surface area contributed by atoms with E-state index >= 15 is 0 Å². The number of rotatable bonds is 4. The Morgan fingerprint density at radius 1 is 1.23 bits per heavy atom. The first-order chi connectivity index (χ1) is 10.2. The molecule has 1 N–H and O–H groups in total. The zero-order chi connectivity index (χ0) is 16.2. The molecule has 0 aromatic rings. The molecule has 0 aliphatic heterocycles. The van der Waals surface area contributed by atoms with Crippen LogP contribution in [0.1, 0.15) is 52.4 Å². The maximum Gasteiger partial charge on any atom is 0.333 e. The standard InChI is InChI=1S/C17H24O5/c1-4-21-14(19)15-5-12-6-16(20,8-15)10-17(7-12,9-15)22-13(18)11(2)3/h12,20H,2,4-10H2,1,3H3. The van der Waals surface area contributed by atoms with Crippen molar-refractivity contribution in [1.82, 2.24) is 0 Å². The number of carbonyl (C=O) groups is 2. The van der Waals surface area contributed by atoms with Gasteiger partial charge in [0.05, 0.1) is 17.6 Å². The highest BCUT2D eigenvalue weighted by Crippen LogP contribution is 2.64. The number of aliphatic hydroxyl groups is 1. The van der Waals surface area contributed by atoms with E-state index in [1.807, 2.05) is 0 Å². The van der Waals surface area contributed by atoms with Gasteiger partial charge in [-0.05, 0) is 45.4 Å². The monoisotopic (exact) mass is 308 g/mol. The Kier molecular flexibility index (Phi) is 3.40. The second kappa shape index (κ2) is 4.82. The Morgan fingerprint density at radius 2 is 1.95 bits per heavy atom. The van der Waals surface area contributed by atoms with E-state index in [0.717, 1.165) is 12.8 Å². The van der Waals surface area contributed by atoms with Crippen LogP contribution in [0.25, 0.3) is 0 Å². The van der Waals surface area contributed by atoms with Crippen molar-refractivity contribution >= 4 is 11.9 Å². The molecule has 0 saturated heterocycles. The van der Waals surface area contributed by atoms with Gasteiger partial charge in [0, 0.05) is 18.4 Å². The molecular weight excluding hydrogens is 284 g/mol. The van der Waals surface area contributed by atoms with Crippen molar-refractivity contribution in [3.05, 3.63) is 12.2 Å². The Balaban J connectivity index is 1.92. The molecule has 0 aromatic carbocycles. The molecule has 0 radical (unpaired) electrons. The highest BCUT2D eigenvalue weighted by atomic mass is 16.6. The van der Waals surface area contributed by atoms with E-state index in [9.17, 15) is 14.7 Å². The average molecular weight is 308 g/mol. The van der Waals surface area contributed by atoms with Gasteiger partial charge >= 0.3 is 11.9 Å². The van der Waals surface area contributed by atoms with Crippen molar-refractivity contribution in [3.63, 3.8) is 0 Å². The second-order valence-electron chi connectivity index (χ2n) is 7.59. The molecule has 122 valence electrons. The normalized spacial score (nSPS) is 42.0. The van der Waals surface area contributed by atoms with Gasteiger partial charge in [-0.1, -0.05) is 6.58 Å². The molecule has 4 unspecified atom stereocenters. The van der Waals surface area contributed by atoms with Crippen molar-refractivity contribution < 1.29 is 24.2 Å². The van der Waals surface area contributed by atoms with Crippen LogP contribution in [0.3, 0.4) is 0 Å². The molecule has 4 saturated carbocycles. The molecule has 22 heavy (non-hydrogen) atoms. The van der Waals surface area contributed by atoms with Crippen molar-refractivity contribution in [3.8, 4) is 0 Å². The molecule has 4 rings (SSSR count). The summed E-state index contributed by atoms with van der Waals surface area (Å²) in [5, 5.41) is 10.9. The van der Waals surface area contributed by atoms with Gasteiger partial charge in [0.1, 0.15) is 5.60 Å². The minimum Gasteiger partial charge on any atom is -0.466 e. The molecule has 4 atom stereocenters. The molecule has 4 fully saturated rings. The van der Waals surface area contributed by atoms with Crippen LogP contribution < -0.4 is 0 Å². The first-order valence-electron chi connectivity index (χ1n) is 8.00. The van der Waals surface area contributed by atoms with E-state index in [2.05, 4.69) is 6.58 Å². The summed E-state index contributed by atoms with van der Waals surface area (Å²) < 4.78 is 11.0. The first kappa shape index (κ1) is 15.5. The fraction of sp³-hybridized carbons (Fsp3) is 0.765. The molecular formula is C17H24O5. The van der Waals surface area contributed by atoms with E-state index < -0.39 is 22.6 Å². The SMILES string of the molecule is C=C(C)C(=O)OC12CC3CC(O)(C1)CC(C(=O)OCC)(C3)C2. The van der Waals surface area contributed by atoms with Crippen LogP contribution in [0.2, 0.25) is 0 Å². The number of esters is 2. The number of carbonyl (C=O) groups excluding carboxylic acids is 2. The fourth-order valence-electron chi connectivity index (χ4n) is 5.21. The molecule has 0 spiro atoms.